The van der Waals surface area contributed by atoms with Gasteiger partial charge in [-0.1, -0.05) is 34.1 Å². The second-order valence-electron chi connectivity index (χ2n) is 3.21. The Morgan fingerprint density at radius 3 is 2.60 bits per heavy atom. The summed E-state index contributed by atoms with van der Waals surface area (Å²) in [5.74, 6) is 1.18. The van der Waals surface area contributed by atoms with Crippen molar-refractivity contribution in [3.05, 3.63) is 40.6 Å². The highest BCUT2D eigenvalue weighted by molar-refractivity contribution is 9.10. The molecule has 76 valence electrons. The monoisotopic (exact) mass is 263 g/mol. The third-order valence-electron chi connectivity index (χ3n) is 2.01. The highest BCUT2D eigenvalue weighted by Gasteiger charge is 2.05. The van der Waals surface area contributed by atoms with E-state index in [1.807, 2.05) is 31.2 Å². The lowest BCUT2D eigenvalue weighted by atomic mass is 10.1. The lowest BCUT2D eigenvalue weighted by Gasteiger charge is -2.05. The molecule has 0 atom stereocenters. The van der Waals surface area contributed by atoms with Crippen LogP contribution in [-0.2, 0) is 0 Å². The van der Waals surface area contributed by atoms with Crippen LogP contribution in [0, 0.1) is 6.92 Å². The largest absolute Gasteiger partial charge is 0.384 e. The maximum absolute atomic E-state index is 5.68. The fraction of sp³-hybridized carbons (Fsp3) is 0.0909. The van der Waals surface area contributed by atoms with Gasteiger partial charge in [0.15, 0.2) is 0 Å². The number of hydrogen-bond donors (Lipinski definition) is 1. The van der Waals surface area contributed by atoms with Crippen molar-refractivity contribution in [3.63, 3.8) is 0 Å². The summed E-state index contributed by atoms with van der Waals surface area (Å²) < 4.78 is 1.00. The van der Waals surface area contributed by atoms with E-state index in [0.29, 0.717) is 11.6 Å². The molecule has 0 aliphatic heterocycles. The quantitative estimate of drug-likeness (QED) is 0.861. The van der Waals surface area contributed by atoms with E-state index in [1.165, 1.54) is 0 Å². The molecule has 0 aliphatic rings. The Labute approximate surface area is 96.5 Å². The Morgan fingerprint density at radius 2 is 1.93 bits per heavy atom. The summed E-state index contributed by atoms with van der Waals surface area (Å²) in [4.78, 5) is 8.38. The fourth-order valence-electron chi connectivity index (χ4n) is 1.40. The van der Waals surface area contributed by atoms with Crippen molar-refractivity contribution < 1.29 is 0 Å². The van der Waals surface area contributed by atoms with Gasteiger partial charge in [0, 0.05) is 16.1 Å². The van der Waals surface area contributed by atoms with Crippen molar-refractivity contribution in [1.29, 1.82) is 0 Å². The van der Waals surface area contributed by atoms with Gasteiger partial charge in [0.05, 0.1) is 5.69 Å². The van der Waals surface area contributed by atoms with Crippen molar-refractivity contribution in [3.8, 4) is 11.3 Å². The Balaban J connectivity index is 2.59. The summed E-state index contributed by atoms with van der Waals surface area (Å²) in [7, 11) is 0. The molecule has 3 nitrogen and oxygen atoms in total. The Morgan fingerprint density at radius 1 is 1.20 bits per heavy atom. The molecule has 0 radical (unpaired) electrons. The molecule has 2 aromatic rings. The third kappa shape index (κ3) is 2.15. The second-order valence-corrected chi connectivity index (χ2v) is 4.06. The number of rotatable bonds is 1. The normalized spacial score (nSPS) is 10.3. The third-order valence-corrected chi connectivity index (χ3v) is 2.70. The molecule has 0 bridgehead atoms. The summed E-state index contributed by atoms with van der Waals surface area (Å²) >= 11 is 3.48. The minimum Gasteiger partial charge on any atom is -0.384 e. The van der Waals surface area contributed by atoms with E-state index in [1.54, 1.807) is 6.07 Å². The number of aromatic nitrogens is 2. The van der Waals surface area contributed by atoms with Gasteiger partial charge in [0.25, 0.3) is 0 Å². The van der Waals surface area contributed by atoms with E-state index in [0.717, 1.165) is 15.7 Å². The van der Waals surface area contributed by atoms with Crippen LogP contribution in [0.1, 0.15) is 5.82 Å². The molecular formula is C11H10BrN3. The van der Waals surface area contributed by atoms with Crippen LogP contribution in [0.3, 0.4) is 0 Å². The SMILES string of the molecule is Cc1nc(N)cc(-c2ccccc2Br)n1. The Kier molecular flexibility index (Phi) is 2.68. The molecule has 1 aromatic heterocycles. The van der Waals surface area contributed by atoms with Gasteiger partial charge in [-0.3, -0.25) is 0 Å². The lowest BCUT2D eigenvalue weighted by Crippen LogP contribution is -1.97. The molecule has 0 aliphatic carbocycles. The smallest absolute Gasteiger partial charge is 0.128 e. The summed E-state index contributed by atoms with van der Waals surface area (Å²) in [6.07, 6.45) is 0. The van der Waals surface area contributed by atoms with E-state index in [4.69, 9.17) is 5.73 Å². The van der Waals surface area contributed by atoms with E-state index in [2.05, 4.69) is 25.9 Å². The summed E-state index contributed by atoms with van der Waals surface area (Å²) in [5.41, 5.74) is 7.54. The minimum absolute atomic E-state index is 0.494. The van der Waals surface area contributed by atoms with Gasteiger partial charge in [-0.15, -0.1) is 0 Å². The average molecular weight is 264 g/mol. The second kappa shape index (κ2) is 3.98. The van der Waals surface area contributed by atoms with Crippen molar-refractivity contribution in [2.45, 2.75) is 6.92 Å². The zero-order chi connectivity index (χ0) is 10.8. The number of halogens is 1. The van der Waals surface area contributed by atoms with Crippen LogP contribution < -0.4 is 5.73 Å². The molecule has 0 amide bonds. The van der Waals surface area contributed by atoms with Gasteiger partial charge < -0.3 is 5.73 Å². The molecule has 0 unspecified atom stereocenters. The van der Waals surface area contributed by atoms with Crippen molar-refractivity contribution in [2.75, 3.05) is 5.73 Å². The first-order chi connectivity index (χ1) is 7.16. The van der Waals surface area contributed by atoms with Crippen LogP contribution in [0.2, 0.25) is 0 Å². The van der Waals surface area contributed by atoms with E-state index < -0.39 is 0 Å². The molecule has 15 heavy (non-hydrogen) atoms. The number of hydrogen-bond acceptors (Lipinski definition) is 3. The molecule has 2 rings (SSSR count). The molecule has 4 heteroatoms. The van der Waals surface area contributed by atoms with Crippen molar-refractivity contribution in [2.24, 2.45) is 0 Å². The molecule has 0 saturated heterocycles. The van der Waals surface area contributed by atoms with Gasteiger partial charge in [-0.2, -0.15) is 0 Å². The number of nitrogens with zero attached hydrogens (tertiary/aromatic N) is 2. The fourth-order valence-corrected chi connectivity index (χ4v) is 1.89. The average Bonchev–Trinajstić information content (AvgIpc) is 2.16. The lowest BCUT2D eigenvalue weighted by molar-refractivity contribution is 1.07. The predicted molar refractivity (Wildman–Crippen MR) is 64.3 cm³/mol. The maximum Gasteiger partial charge on any atom is 0.128 e. The van der Waals surface area contributed by atoms with Crippen molar-refractivity contribution >= 4 is 21.7 Å². The van der Waals surface area contributed by atoms with Gasteiger partial charge in [-0.25, -0.2) is 9.97 Å². The van der Waals surface area contributed by atoms with Crippen LogP contribution >= 0.6 is 15.9 Å². The zero-order valence-electron chi connectivity index (χ0n) is 8.24. The van der Waals surface area contributed by atoms with E-state index >= 15 is 0 Å². The predicted octanol–water partition coefficient (Wildman–Crippen LogP) is 2.80. The van der Waals surface area contributed by atoms with Crippen LogP contribution in [0.15, 0.2) is 34.8 Å². The number of nitrogen functional groups attached to an aromatic ring is 1. The summed E-state index contributed by atoms with van der Waals surface area (Å²) in [6, 6.07) is 9.67. The maximum atomic E-state index is 5.68. The molecule has 1 aromatic carbocycles. The zero-order valence-corrected chi connectivity index (χ0v) is 9.82. The van der Waals surface area contributed by atoms with Crippen LogP contribution in [-0.4, -0.2) is 9.97 Å². The van der Waals surface area contributed by atoms with Gasteiger partial charge in [0.1, 0.15) is 11.6 Å². The highest BCUT2D eigenvalue weighted by atomic mass is 79.9. The highest BCUT2D eigenvalue weighted by Crippen LogP contribution is 2.26. The number of aryl methyl sites for hydroxylation is 1. The van der Waals surface area contributed by atoms with Gasteiger partial charge in [-0.05, 0) is 13.0 Å². The van der Waals surface area contributed by atoms with Gasteiger partial charge >= 0.3 is 0 Å². The first-order valence-corrected chi connectivity index (χ1v) is 5.32. The molecular weight excluding hydrogens is 254 g/mol. The number of benzene rings is 1. The summed E-state index contributed by atoms with van der Waals surface area (Å²) in [5, 5.41) is 0. The van der Waals surface area contributed by atoms with Crippen molar-refractivity contribution in [1.82, 2.24) is 9.97 Å². The topological polar surface area (TPSA) is 51.8 Å². The van der Waals surface area contributed by atoms with Gasteiger partial charge in [0.2, 0.25) is 0 Å². The molecule has 0 fully saturated rings. The molecule has 0 spiro atoms. The molecule has 0 saturated carbocycles. The Hall–Kier alpha value is -1.42. The van der Waals surface area contributed by atoms with Crippen LogP contribution in [0.25, 0.3) is 11.3 Å². The molecule has 2 N–H and O–H groups in total. The van der Waals surface area contributed by atoms with E-state index in [9.17, 15) is 0 Å². The first kappa shape index (κ1) is 10.1. The number of nitrogens with two attached hydrogens (primary N) is 1. The Bertz CT molecular complexity index is 477. The van der Waals surface area contributed by atoms with Crippen LogP contribution in [0.4, 0.5) is 5.82 Å². The standard InChI is InChI=1S/C11H10BrN3/c1-7-14-10(6-11(13)15-7)8-4-2-3-5-9(8)12/h2-6H,1H3,(H2,13,14,15). The van der Waals surface area contributed by atoms with Crippen LogP contribution in [0.5, 0.6) is 0 Å². The first-order valence-electron chi connectivity index (χ1n) is 4.53. The molecule has 1 heterocycles. The summed E-state index contributed by atoms with van der Waals surface area (Å²) in [6.45, 7) is 1.83. The number of anilines is 1. The van der Waals surface area contributed by atoms with E-state index in [-0.39, 0.29) is 0 Å². The minimum atomic E-state index is 0.494.